The Kier molecular flexibility index (Phi) is 8.77. The molecule has 0 amide bonds. The molecule has 12 aromatic rings. The van der Waals surface area contributed by atoms with E-state index in [9.17, 15) is 0 Å². The molecule has 0 atom stereocenters. The average molecular weight is 859 g/mol. The van der Waals surface area contributed by atoms with Crippen LogP contribution in [0.25, 0.3) is 94.3 Å². The SMILES string of the molecule is CC1(C)c2ccccc2N(c2nc(-c3cccc(-c4ccccc4)c3)c3ccccc3n2)c2cc3c(cc21)c1ccccc1n3-c1nc(-c2cccc(-c3ccccc3)c2)c2ccccc2n1. The smallest absolute Gasteiger partial charge is 0.235 e. The minimum Gasteiger partial charge on any atom is -0.278 e. The van der Waals surface area contributed by atoms with Crippen LogP contribution in [0.5, 0.6) is 0 Å². The van der Waals surface area contributed by atoms with Gasteiger partial charge in [0.05, 0.1) is 44.8 Å². The molecule has 1 aliphatic heterocycles. The molecule has 67 heavy (non-hydrogen) atoms. The summed E-state index contributed by atoms with van der Waals surface area (Å²) in [5.74, 6) is 1.21. The van der Waals surface area contributed by atoms with Crippen molar-refractivity contribution >= 4 is 60.9 Å². The Morgan fingerprint density at radius 2 is 0.821 bits per heavy atom. The van der Waals surface area contributed by atoms with Gasteiger partial charge in [-0.25, -0.2) is 19.9 Å². The van der Waals surface area contributed by atoms with Gasteiger partial charge >= 0.3 is 0 Å². The van der Waals surface area contributed by atoms with Gasteiger partial charge in [-0.3, -0.25) is 9.47 Å². The highest BCUT2D eigenvalue weighted by Gasteiger charge is 2.39. The summed E-state index contributed by atoms with van der Waals surface area (Å²) in [6, 6.07) is 77.1. The molecule has 0 N–H and O–H groups in total. The lowest BCUT2D eigenvalue weighted by molar-refractivity contribution is 0.632. The molecule has 3 aromatic heterocycles. The molecule has 4 heterocycles. The number of nitrogens with zero attached hydrogens (tertiary/aromatic N) is 6. The summed E-state index contributed by atoms with van der Waals surface area (Å²) >= 11 is 0. The molecule has 316 valence electrons. The Morgan fingerprint density at radius 3 is 1.46 bits per heavy atom. The van der Waals surface area contributed by atoms with Crippen molar-refractivity contribution in [3.63, 3.8) is 0 Å². The summed E-state index contributed by atoms with van der Waals surface area (Å²) < 4.78 is 2.25. The van der Waals surface area contributed by atoms with Crippen LogP contribution in [0.1, 0.15) is 25.0 Å². The van der Waals surface area contributed by atoms with Crippen LogP contribution in [-0.2, 0) is 5.41 Å². The van der Waals surface area contributed by atoms with E-state index in [0.717, 1.165) is 99.8 Å². The second kappa shape index (κ2) is 15.2. The molecule has 0 saturated heterocycles. The highest BCUT2D eigenvalue weighted by Crippen LogP contribution is 2.53. The van der Waals surface area contributed by atoms with Crippen LogP contribution >= 0.6 is 0 Å². The quantitative estimate of drug-likeness (QED) is 0.167. The van der Waals surface area contributed by atoms with Crippen molar-refractivity contribution in [2.75, 3.05) is 4.90 Å². The van der Waals surface area contributed by atoms with Crippen LogP contribution in [0, 0.1) is 0 Å². The first-order chi connectivity index (χ1) is 33.0. The lowest BCUT2D eigenvalue weighted by Crippen LogP contribution is -2.31. The predicted octanol–water partition coefficient (Wildman–Crippen LogP) is 15.4. The molecule has 9 aromatic carbocycles. The van der Waals surface area contributed by atoms with Gasteiger partial charge in [0.25, 0.3) is 0 Å². The van der Waals surface area contributed by atoms with Crippen molar-refractivity contribution in [2.24, 2.45) is 0 Å². The fourth-order valence-corrected chi connectivity index (χ4v) is 10.3. The van der Waals surface area contributed by atoms with Gasteiger partial charge in [0.15, 0.2) is 0 Å². The average Bonchev–Trinajstić information content (AvgIpc) is 3.71. The van der Waals surface area contributed by atoms with Gasteiger partial charge in [-0.2, -0.15) is 0 Å². The number of rotatable bonds is 6. The van der Waals surface area contributed by atoms with E-state index in [1.165, 1.54) is 11.1 Å². The second-order valence-corrected chi connectivity index (χ2v) is 17.9. The first kappa shape index (κ1) is 38.7. The third-order valence-electron chi connectivity index (χ3n) is 13.6. The zero-order valence-electron chi connectivity index (χ0n) is 37.0. The van der Waals surface area contributed by atoms with E-state index in [0.29, 0.717) is 11.9 Å². The van der Waals surface area contributed by atoms with Crippen molar-refractivity contribution in [1.82, 2.24) is 24.5 Å². The summed E-state index contributed by atoms with van der Waals surface area (Å²) in [6.07, 6.45) is 0. The predicted molar refractivity (Wildman–Crippen MR) is 276 cm³/mol. The first-order valence-corrected chi connectivity index (χ1v) is 22.8. The lowest BCUT2D eigenvalue weighted by atomic mass is 9.73. The zero-order valence-corrected chi connectivity index (χ0v) is 37.0. The molecule has 1 aliphatic rings. The minimum atomic E-state index is -0.361. The van der Waals surface area contributed by atoms with Gasteiger partial charge in [0, 0.05) is 38.1 Å². The van der Waals surface area contributed by atoms with Crippen LogP contribution in [0.3, 0.4) is 0 Å². The zero-order chi connectivity index (χ0) is 44.6. The fourth-order valence-electron chi connectivity index (χ4n) is 10.3. The minimum absolute atomic E-state index is 0.361. The van der Waals surface area contributed by atoms with Crippen molar-refractivity contribution in [1.29, 1.82) is 0 Å². The normalized spacial score (nSPS) is 13.0. The maximum atomic E-state index is 5.57. The number of aromatic nitrogens is 5. The first-order valence-electron chi connectivity index (χ1n) is 22.8. The Bertz CT molecular complexity index is 3910. The largest absolute Gasteiger partial charge is 0.278 e. The van der Waals surface area contributed by atoms with Crippen molar-refractivity contribution in [2.45, 2.75) is 19.3 Å². The van der Waals surface area contributed by atoms with Gasteiger partial charge in [-0.05, 0) is 81.9 Å². The van der Waals surface area contributed by atoms with Crippen LogP contribution in [0.2, 0.25) is 0 Å². The fraction of sp³-hybridized carbons (Fsp3) is 0.0492. The van der Waals surface area contributed by atoms with E-state index in [4.69, 9.17) is 19.9 Å². The topological polar surface area (TPSA) is 59.7 Å². The molecule has 0 fully saturated rings. The van der Waals surface area contributed by atoms with E-state index >= 15 is 0 Å². The summed E-state index contributed by atoms with van der Waals surface area (Å²) in [4.78, 5) is 24.1. The number of hydrogen-bond acceptors (Lipinski definition) is 5. The molecule has 0 bridgehead atoms. The number of anilines is 3. The van der Waals surface area contributed by atoms with Gasteiger partial charge in [-0.15, -0.1) is 0 Å². The van der Waals surface area contributed by atoms with E-state index in [1.54, 1.807) is 0 Å². The molecular weight excluding hydrogens is 817 g/mol. The number of benzene rings is 9. The number of para-hydroxylation sites is 4. The van der Waals surface area contributed by atoms with Crippen molar-refractivity contribution in [3.8, 4) is 50.7 Å². The van der Waals surface area contributed by atoms with E-state index in [1.807, 2.05) is 0 Å². The van der Waals surface area contributed by atoms with Crippen LogP contribution in [-0.4, -0.2) is 24.5 Å². The van der Waals surface area contributed by atoms with E-state index in [-0.39, 0.29) is 5.41 Å². The van der Waals surface area contributed by atoms with E-state index < -0.39 is 0 Å². The van der Waals surface area contributed by atoms with Crippen molar-refractivity contribution < 1.29 is 0 Å². The maximum absolute atomic E-state index is 5.57. The van der Waals surface area contributed by atoms with Gasteiger partial charge < -0.3 is 0 Å². The van der Waals surface area contributed by atoms with E-state index in [2.05, 4.69) is 242 Å². The molecule has 6 heteroatoms. The summed E-state index contributed by atoms with van der Waals surface area (Å²) in [5, 5.41) is 4.26. The standard InChI is InChI=1S/C61H42N6/c1-61(2)49-30-12-16-34-54(49)67(60-63-52-32-14-10-29-47(52)58(65-60)44-26-18-24-42(36-44)40-21-7-4-8-22-40)56-38-55-48(37-50(56)61)45-27-11-15-33-53(45)66(55)59-62-51-31-13-9-28-46(51)57(64-59)43-25-17-23-41(35-43)39-19-5-3-6-20-39/h3-38H,1-2H3. The number of hydrogen-bond donors (Lipinski definition) is 0. The third kappa shape index (κ3) is 6.25. The monoisotopic (exact) mass is 858 g/mol. The summed E-state index contributed by atoms with van der Waals surface area (Å²) in [6.45, 7) is 4.66. The van der Waals surface area contributed by atoms with Gasteiger partial charge in [0.2, 0.25) is 11.9 Å². The second-order valence-electron chi connectivity index (χ2n) is 17.9. The highest BCUT2D eigenvalue weighted by molar-refractivity contribution is 6.11. The maximum Gasteiger partial charge on any atom is 0.235 e. The molecule has 13 rings (SSSR count). The molecular formula is C61H42N6. The Morgan fingerprint density at radius 1 is 0.328 bits per heavy atom. The molecule has 0 unspecified atom stereocenters. The molecule has 0 aliphatic carbocycles. The highest BCUT2D eigenvalue weighted by atomic mass is 15.3. The van der Waals surface area contributed by atoms with Gasteiger partial charge in [-0.1, -0.05) is 184 Å². The van der Waals surface area contributed by atoms with Crippen LogP contribution in [0.4, 0.5) is 17.3 Å². The molecule has 0 saturated carbocycles. The lowest BCUT2D eigenvalue weighted by Gasteiger charge is -2.41. The van der Waals surface area contributed by atoms with Crippen LogP contribution < -0.4 is 4.90 Å². The van der Waals surface area contributed by atoms with Gasteiger partial charge in [0.1, 0.15) is 0 Å². The Labute approximate surface area is 388 Å². The molecule has 0 radical (unpaired) electrons. The number of fused-ring (bicyclic) bond motifs is 7. The Hall–Kier alpha value is -8.74. The van der Waals surface area contributed by atoms with Crippen LogP contribution in [0.15, 0.2) is 218 Å². The Balaban J connectivity index is 1.06. The molecule has 0 spiro atoms. The summed E-state index contributed by atoms with van der Waals surface area (Å²) in [7, 11) is 0. The third-order valence-corrected chi connectivity index (χ3v) is 13.6. The van der Waals surface area contributed by atoms with Crippen molar-refractivity contribution in [3.05, 3.63) is 230 Å². The summed E-state index contributed by atoms with van der Waals surface area (Å²) in [5.41, 5.74) is 16.3. The molecule has 6 nitrogen and oxygen atoms in total.